The molecule has 6 heteroatoms. The van der Waals surface area contributed by atoms with E-state index in [-0.39, 0.29) is 18.3 Å². The van der Waals surface area contributed by atoms with Gasteiger partial charge < -0.3 is 20.5 Å². The molecule has 1 fully saturated rings. The summed E-state index contributed by atoms with van der Waals surface area (Å²) >= 11 is 0. The molecule has 134 valence electrons. The lowest BCUT2D eigenvalue weighted by Crippen LogP contribution is -2.56. The summed E-state index contributed by atoms with van der Waals surface area (Å²) in [4.78, 5) is 12.3. The molecular weight excluding hydrogens is 340 g/mol. The van der Waals surface area contributed by atoms with E-state index >= 15 is 0 Å². The van der Waals surface area contributed by atoms with Crippen LogP contribution in [0.3, 0.4) is 0 Å². The Hall–Kier alpha value is -2.08. The number of hydrogen-bond acceptors (Lipinski definition) is 4. The molecule has 25 heavy (non-hydrogen) atoms. The van der Waals surface area contributed by atoms with Crippen molar-refractivity contribution in [2.75, 3.05) is 13.2 Å². The summed E-state index contributed by atoms with van der Waals surface area (Å²) in [7, 11) is 0. The lowest BCUT2D eigenvalue weighted by atomic mass is 9.90. The lowest BCUT2D eigenvalue weighted by molar-refractivity contribution is -0.129. The van der Waals surface area contributed by atoms with Gasteiger partial charge in [-0.1, -0.05) is 30.3 Å². The highest BCUT2D eigenvalue weighted by atomic mass is 35.5. The first kappa shape index (κ1) is 19.2. The average Bonchev–Trinajstić information content (AvgIpc) is 2.62. The fourth-order valence-electron chi connectivity index (χ4n) is 2.62. The van der Waals surface area contributed by atoms with Crippen LogP contribution in [0.25, 0.3) is 0 Å². The monoisotopic (exact) mass is 362 g/mol. The Morgan fingerprint density at radius 2 is 1.64 bits per heavy atom. The molecule has 1 aliphatic rings. The second-order valence-corrected chi connectivity index (χ2v) is 6.01. The molecule has 1 saturated heterocycles. The molecule has 0 aromatic heterocycles. The first-order valence-electron chi connectivity index (χ1n) is 8.12. The third kappa shape index (κ3) is 5.19. The Labute approximate surface area is 153 Å². The normalized spacial score (nSPS) is 15.7. The second-order valence-electron chi connectivity index (χ2n) is 6.01. The summed E-state index contributed by atoms with van der Waals surface area (Å²) in [5.41, 5.74) is 6.35. The number of amides is 1. The van der Waals surface area contributed by atoms with Gasteiger partial charge in [-0.05, 0) is 42.7 Å². The number of carbonyl (C=O) groups excluding carboxylic acids is 1. The minimum Gasteiger partial charge on any atom is -0.457 e. The number of hydrogen-bond donors (Lipinski definition) is 2. The molecule has 2 aromatic rings. The van der Waals surface area contributed by atoms with Crippen LogP contribution in [0.15, 0.2) is 54.6 Å². The van der Waals surface area contributed by atoms with E-state index in [0.29, 0.717) is 32.6 Å². The molecule has 0 atom stereocenters. The summed E-state index contributed by atoms with van der Waals surface area (Å²) in [5, 5.41) is 2.92. The first-order chi connectivity index (χ1) is 11.7. The summed E-state index contributed by atoms with van der Waals surface area (Å²) in [6, 6.07) is 17.3. The van der Waals surface area contributed by atoms with E-state index < -0.39 is 5.54 Å². The van der Waals surface area contributed by atoms with E-state index in [2.05, 4.69) is 5.32 Å². The van der Waals surface area contributed by atoms with Gasteiger partial charge in [0.25, 0.3) is 0 Å². The summed E-state index contributed by atoms with van der Waals surface area (Å²) in [6.45, 7) is 1.52. The first-order valence-corrected chi connectivity index (χ1v) is 8.12. The van der Waals surface area contributed by atoms with Crippen molar-refractivity contribution in [2.24, 2.45) is 5.73 Å². The summed E-state index contributed by atoms with van der Waals surface area (Å²) < 4.78 is 11.0. The van der Waals surface area contributed by atoms with Crippen LogP contribution in [0, 0.1) is 0 Å². The van der Waals surface area contributed by atoms with Gasteiger partial charge in [-0.15, -0.1) is 12.4 Å². The van der Waals surface area contributed by atoms with Crippen LogP contribution in [0.1, 0.15) is 18.4 Å². The van der Waals surface area contributed by atoms with Gasteiger partial charge in [-0.2, -0.15) is 0 Å². The van der Waals surface area contributed by atoms with Crippen LogP contribution in [0.4, 0.5) is 0 Å². The highest BCUT2D eigenvalue weighted by molar-refractivity contribution is 5.86. The van der Waals surface area contributed by atoms with Gasteiger partial charge in [0, 0.05) is 19.8 Å². The Balaban J connectivity index is 0.00000225. The predicted octanol–water partition coefficient (Wildman–Crippen LogP) is 3.02. The lowest BCUT2D eigenvalue weighted by Gasteiger charge is -2.31. The second kappa shape index (κ2) is 8.85. The average molecular weight is 363 g/mol. The van der Waals surface area contributed by atoms with Gasteiger partial charge in [-0.25, -0.2) is 0 Å². The Bertz CT molecular complexity index is 671. The molecule has 3 rings (SSSR count). The smallest absolute Gasteiger partial charge is 0.240 e. The molecule has 5 nitrogen and oxygen atoms in total. The fourth-order valence-corrected chi connectivity index (χ4v) is 2.62. The van der Waals surface area contributed by atoms with Crippen LogP contribution < -0.4 is 15.8 Å². The topological polar surface area (TPSA) is 73.6 Å². The maximum absolute atomic E-state index is 12.3. The predicted molar refractivity (Wildman–Crippen MR) is 99.0 cm³/mol. The van der Waals surface area contributed by atoms with Crippen molar-refractivity contribution in [1.29, 1.82) is 0 Å². The Kier molecular flexibility index (Phi) is 6.82. The fraction of sp³-hybridized carbons (Fsp3) is 0.316. The van der Waals surface area contributed by atoms with Crippen LogP contribution in [0.5, 0.6) is 11.5 Å². The maximum Gasteiger partial charge on any atom is 0.240 e. The zero-order valence-electron chi connectivity index (χ0n) is 13.9. The molecule has 0 saturated carbocycles. The van der Waals surface area contributed by atoms with Crippen molar-refractivity contribution in [2.45, 2.75) is 24.9 Å². The number of rotatable bonds is 5. The highest BCUT2D eigenvalue weighted by Crippen LogP contribution is 2.21. The van der Waals surface area contributed by atoms with E-state index in [4.69, 9.17) is 15.2 Å². The number of benzene rings is 2. The van der Waals surface area contributed by atoms with Gasteiger partial charge in [0.05, 0.1) is 5.54 Å². The van der Waals surface area contributed by atoms with Crippen molar-refractivity contribution in [3.8, 4) is 11.5 Å². The standard InChI is InChI=1S/C19H22N2O3.ClH/c20-19(10-12-23-13-11-19)18(22)21-14-15-6-8-17(9-7-15)24-16-4-2-1-3-5-16;/h1-9H,10-14,20H2,(H,21,22);1H. The minimum absolute atomic E-state index is 0. The van der Waals surface area contributed by atoms with E-state index in [1.165, 1.54) is 0 Å². The highest BCUT2D eigenvalue weighted by Gasteiger charge is 2.35. The quantitative estimate of drug-likeness (QED) is 0.857. The SMILES string of the molecule is Cl.NC1(C(=O)NCc2ccc(Oc3ccccc3)cc2)CCOCC1. The van der Waals surface area contributed by atoms with Crippen molar-refractivity contribution in [3.05, 3.63) is 60.2 Å². The number of ether oxygens (including phenoxy) is 2. The zero-order valence-corrected chi connectivity index (χ0v) is 14.8. The molecule has 1 heterocycles. The van der Waals surface area contributed by atoms with Crippen LogP contribution in [-0.4, -0.2) is 24.7 Å². The van der Waals surface area contributed by atoms with E-state index in [9.17, 15) is 4.79 Å². The van der Waals surface area contributed by atoms with Crippen molar-refractivity contribution < 1.29 is 14.3 Å². The number of halogens is 1. The maximum atomic E-state index is 12.3. The summed E-state index contributed by atoms with van der Waals surface area (Å²) in [6.07, 6.45) is 1.12. The van der Waals surface area contributed by atoms with Gasteiger partial charge in [-0.3, -0.25) is 4.79 Å². The molecule has 3 N–H and O–H groups in total. The van der Waals surface area contributed by atoms with Crippen LogP contribution >= 0.6 is 12.4 Å². The van der Waals surface area contributed by atoms with Gasteiger partial charge >= 0.3 is 0 Å². The van der Waals surface area contributed by atoms with Gasteiger partial charge in [0.15, 0.2) is 0 Å². The van der Waals surface area contributed by atoms with Crippen molar-refractivity contribution in [1.82, 2.24) is 5.32 Å². The van der Waals surface area contributed by atoms with E-state index in [0.717, 1.165) is 17.1 Å². The van der Waals surface area contributed by atoms with Gasteiger partial charge in [0.2, 0.25) is 5.91 Å². The van der Waals surface area contributed by atoms with Crippen LogP contribution in [-0.2, 0) is 16.1 Å². The molecule has 0 unspecified atom stereocenters. The molecule has 1 aliphatic heterocycles. The van der Waals surface area contributed by atoms with E-state index in [1.807, 2.05) is 54.6 Å². The van der Waals surface area contributed by atoms with E-state index in [1.54, 1.807) is 0 Å². The third-order valence-electron chi connectivity index (χ3n) is 4.19. The van der Waals surface area contributed by atoms with Crippen molar-refractivity contribution in [3.63, 3.8) is 0 Å². The number of nitrogens with one attached hydrogen (secondary N) is 1. The molecule has 0 aliphatic carbocycles. The molecule has 0 bridgehead atoms. The molecule has 0 spiro atoms. The van der Waals surface area contributed by atoms with Crippen LogP contribution in [0.2, 0.25) is 0 Å². The molecule has 0 radical (unpaired) electrons. The largest absolute Gasteiger partial charge is 0.457 e. The molecular formula is C19H23ClN2O3. The summed E-state index contributed by atoms with van der Waals surface area (Å²) in [5.74, 6) is 1.44. The molecule has 2 aromatic carbocycles. The Morgan fingerprint density at radius 1 is 1.04 bits per heavy atom. The molecule has 1 amide bonds. The number of para-hydroxylation sites is 1. The third-order valence-corrected chi connectivity index (χ3v) is 4.19. The van der Waals surface area contributed by atoms with Gasteiger partial charge in [0.1, 0.15) is 11.5 Å². The minimum atomic E-state index is -0.811. The number of nitrogens with two attached hydrogens (primary N) is 1. The Morgan fingerprint density at radius 3 is 2.28 bits per heavy atom. The zero-order chi connectivity index (χ0) is 16.8. The number of carbonyl (C=O) groups is 1. The van der Waals surface area contributed by atoms with Crippen molar-refractivity contribution >= 4 is 18.3 Å².